The summed E-state index contributed by atoms with van der Waals surface area (Å²) in [5.41, 5.74) is 0. The van der Waals surface area contributed by atoms with E-state index in [1.54, 1.807) is 0 Å². The van der Waals surface area contributed by atoms with Crippen LogP contribution in [0.15, 0.2) is 36.5 Å². The quantitative estimate of drug-likeness (QED) is 0.0261. The van der Waals surface area contributed by atoms with Crippen LogP contribution in [0.25, 0.3) is 0 Å². The molecule has 9 heteroatoms. The third-order valence-electron chi connectivity index (χ3n) is 15.7. The average molecular weight is 1060 g/mol. The molecule has 0 saturated carbocycles. The molecule has 0 aliphatic carbocycles. The molecule has 9 nitrogen and oxygen atoms in total. The van der Waals surface area contributed by atoms with Crippen LogP contribution in [-0.2, 0) is 14.3 Å². The number of aliphatic hydroxyl groups excluding tert-OH is 5. The van der Waals surface area contributed by atoms with Crippen molar-refractivity contribution in [1.82, 2.24) is 5.32 Å². The molecule has 0 bridgehead atoms. The monoisotopic (exact) mass is 1060 g/mol. The van der Waals surface area contributed by atoms with Gasteiger partial charge in [0, 0.05) is 6.42 Å². The van der Waals surface area contributed by atoms with E-state index in [1.807, 2.05) is 0 Å². The third-order valence-corrected chi connectivity index (χ3v) is 15.7. The van der Waals surface area contributed by atoms with Crippen LogP contribution < -0.4 is 5.32 Å². The zero-order valence-corrected chi connectivity index (χ0v) is 49.3. The molecular weight excluding hydrogens is 935 g/mol. The first-order valence-electron chi connectivity index (χ1n) is 32.7. The van der Waals surface area contributed by atoms with Crippen LogP contribution >= 0.6 is 0 Å². The van der Waals surface area contributed by atoms with E-state index in [0.717, 1.165) is 51.4 Å². The summed E-state index contributed by atoms with van der Waals surface area (Å²) in [6.45, 7) is 3.87. The average Bonchev–Trinajstić information content (AvgIpc) is 3.41. The molecule has 1 rings (SSSR count). The Labute approximate surface area is 463 Å². The molecule has 0 aromatic heterocycles. The Morgan fingerprint density at radius 1 is 0.453 bits per heavy atom. The predicted molar refractivity (Wildman–Crippen MR) is 318 cm³/mol. The molecule has 1 fully saturated rings. The lowest BCUT2D eigenvalue weighted by Gasteiger charge is -2.40. The molecule has 0 aromatic carbocycles. The Morgan fingerprint density at radius 2 is 0.787 bits per heavy atom. The van der Waals surface area contributed by atoms with Crippen molar-refractivity contribution in [2.45, 2.75) is 365 Å². The fourth-order valence-electron chi connectivity index (χ4n) is 10.6. The molecule has 1 saturated heterocycles. The molecule has 1 aliphatic rings. The molecule has 7 unspecified atom stereocenters. The zero-order chi connectivity index (χ0) is 54.3. The van der Waals surface area contributed by atoms with Gasteiger partial charge in [0.25, 0.3) is 0 Å². The van der Waals surface area contributed by atoms with Crippen LogP contribution in [0.2, 0.25) is 0 Å². The number of unbranched alkanes of at least 4 members (excludes halogenated alkanes) is 41. The Balaban J connectivity index is 2.15. The number of aliphatic hydroxyl groups is 5. The Morgan fingerprint density at radius 3 is 1.16 bits per heavy atom. The van der Waals surface area contributed by atoms with E-state index < -0.39 is 49.5 Å². The van der Waals surface area contributed by atoms with E-state index in [9.17, 15) is 30.3 Å². The lowest BCUT2D eigenvalue weighted by atomic mass is 9.99. The van der Waals surface area contributed by atoms with E-state index >= 15 is 0 Å². The number of carbonyl (C=O) groups excluding carboxylic acids is 1. The minimum absolute atomic E-state index is 0.138. The number of allylic oxidation sites excluding steroid dienone is 6. The fourth-order valence-corrected chi connectivity index (χ4v) is 10.6. The molecule has 7 atom stereocenters. The van der Waals surface area contributed by atoms with E-state index in [1.165, 1.54) is 244 Å². The lowest BCUT2D eigenvalue weighted by molar-refractivity contribution is -0.302. The maximum atomic E-state index is 13.1. The largest absolute Gasteiger partial charge is 0.394 e. The van der Waals surface area contributed by atoms with Crippen molar-refractivity contribution in [3.05, 3.63) is 36.5 Å². The minimum Gasteiger partial charge on any atom is -0.394 e. The van der Waals surface area contributed by atoms with E-state index in [-0.39, 0.29) is 12.5 Å². The van der Waals surface area contributed by atoms with Crippen molar-refractivity contribution in [3.8, 4) is 0 Å². The lowest BCUT2D eigenvalue weighted by Crippen LogP contribution is -2.60. The van der Waals surface area contributed by atoms with Gasteiger partial charge in [-0.15, -0.1) is 0 Å². The number of hydrogen-bond acceptors (Lipinski definition) is 8. The zero-order valence-electron chi connectivity index (χ0n) is 49.3. The minimum atomic E-state index is -1.56. The maximum absolute atomic E-state index is 13.1. The van der Waals surface area contributed by atoms with Crippen LogP contribution in [0.5, 0.6) is 0 Å². The van der Waals surface area contributed by atoms with E-state index in [4.69, 9.17) is 9.47 Å². The van der Waals surface area contributed by atoms with Crippen molar-refractivity contribution in [2.24, 2.45) is 0 Å². The summed E-state index contributed by atoms with van der Waals surface area (Å²) in [6, 6.07) is -0.723. The van der Waals surface area contributed by atoms with Gasteiger partial charge in [-0.2, -0.15) is 0 Å². The summed E-state index contributed by atoms with van der Waals surface area (Å²) in [4.78, 5) is 13.1. The third kappa shape index (κ3) is 44.9. The fraction of sp³-hybridized carbons (Fsp3) is 0.894. The number of ether oxygens (including phenoxy) is 2. The summed E-state index contributed by atoms with van der Waals surface area (Å²) in [5, 5.41) is 54.9. The van der Waals surface area contributed by atoms with Gasteiger partial charge in [-0.1, -0.05) is 301 Å². The second-order valence-electron chi connectivity index (χ2n) is 22.9. The van der Waals surface area contributed by atoms with Gasteiger partial charge in [0.15, 0.2) is 6.29 Å². The van der Waals surface area contributed by atoms with Crippen LogP contribution in [0.3, 0.4) is 0 Å². The van der Waals surface area contributed by atoms with Gasteiger partial charge in [0.1, 0.15) is 24.4 Å². The van der Waals surface area contributed by atoms with Crippen molar-refractivity contribution in [2.75, 3.05) is 13.2 Å². The second kappa shape index (κ2) is 55.7. The van der Waals surface area contributed by atoms with Gasteiger partial charge in [0.05, 0.1) is 25.4 Å². The van der Waals surface area contributed by atoms with Gasteiger partial charge in [-0.05, 0) is 51.4 Å². The molecule has 1 amide bonds. The Hall–Kier alpha value is -1.59. The summed E-state index contributed by atoms with van der Waals surface area (Å²) < 4.78 is 11.4. The number of amides is 1. The van der Waals surface area contributed by atoms with Crippen molar-refractivity contribution in [3.63, 3.8) is 0 Å². The van der Waals surface area contributed by atoms with E-state index in [0.29, 0.717) is 12.8 Å². The molecule has 75 heavy (non-hydrogen) atoms. The standard InChI is InChI=1S/C66H125NO8/c1-3-5-7-9-11-13-15-17-19-21-23-25-27-29-30-32-33-35-37-39-41-43-45-47-49-51-53-55-60(69)59(58-74-66-65(73)64(72)63(71)61(57-68)75-66)67-62(70)56-54-52-50-48-46-44-42-40-38-36-34-31-28-26-24-22-20-18-16-14-12-10-8-6-4-2/h16,18,22,24,28,31,59-61,63-66,68-69,71-73H,3-15,17,19-21,23,25-27,29-30,32-58H2,1-2H3,(H,67,70)/b18-16-,24-22-,31-28-. The van der Waals surface area contributed by atoms with Gasteiger partial charge >= 0.3 is 0 Å². The van der Waals surface area contributed by atoms with Gasteiger partial charge in [-0.3, -0.25) is 4.79 Å². The Kier molecular flexibility index (Phi) is 53.1. The molecule has 0 radical (unpaired) electrons. The van der Waals surface area contributed by atoms with Gasteiger partial charge in [-0.25, -0.2) is 0 Å². The molecule has 6 N–H and O–H groups in total. The summed E-state index contributed by atoms with van der Waals surface area (Å²) in [6.07, 6.45) is 66.2. The van der Waals surface area contributed by atoms with Crippen molar-refractivity contribution in [1.29, 1.82) is 0 Å². The summed E-state index contributed by atoms with van der Waals surface area (Å²) >= 11 is 0. The number of hydrogen-bond donors (Lipinski definition) is 6. The Bertz CT molecular complexity index is 1270. The first-order chi connectivity index (χ1) is 36.8. The van der Waals surface area contributed by atoms with Gasteiger partial charge < -0.3 is 40.3 Å². The van der Waals surface area contributed by atoms with Crippen LogP contribution in [0.4, 0.5) is 0 Å². The number of nitrogens with one attached hydrogen (secondary N) is 1. The first kappa shape index (κ1) is 71.4. The molecule has 1 heterocycles. The smallest absolute Gasteiger partial charge is 0.220 e. The van der Waals surface area contributed by atoms with Crippen LogP contribution in [0, 0.1) is 0 Å². The second-order valence-corrected chi connectivity index (χ2v) is 22.9. The summed E-state index contributed by atoms with van der Waals surface area (Å²) in [5.74, 6) is -0.144. The molecule has 1 aliphatic heterocycles. The summed E-state index contributed by atoms with van der Waals surface area (Å²) in [7, 11) is 0. The van der Waals surface area contributed by atoms with Crippen LogP contribution in [0.1, 0.15) is 322 Å². The highest BCUT2D eigenvalue weighted by molar-refractivity contribution is 5.76. The van der Waals surface area contributed by atoms with Gasteiger partial charge in [0.2, 0.25) is 5.91 Å². The number of carbonyl (C=O) groups is 1. The molecular formula is C66H125NO8. The highest BCUT2D eigenvalue weighted by Gasteiger charge is 2.44. The molecule has 442 valence electrons. The maximum Gasteiger partial charge on any atom is 0.220 e. The highest BCUT2D eigenvalue weighted by atomic mass is 16.7. The number of rotatable bonds is 57. The van der Waals surface area contributed by atoms with Crippen molar-refractivity contribution >= 4 is 5.91 Å². The topological polar surface area (TPSA) is 149 Å². The normalized spacial score (nSPS) is 19.1. The van der Waals surface area contributed by atoms with E-state index in [2.05, 4.69) is 55.6 Å². The SMILES string of the molecule is CCCCCCC/C=C\C/C=C\C/C=C\CCCCCCCCCCCCC(=O)NC(COC1OC(CO)C(O)C(O)C1O)C(O)CCCCCCCCCCCCCCCCCCCCCCCCCCCCC. The van der Waals surface area contributed by atoms with Crippen LogP contribution in [-0.4, -0.2) is 87.5 Å². The molecule has 0 spiro atoms. The highest BCUT2D eigenvalue weighted by Crippen LogP contribution is 2.24. The van der Waals surface area contributed by atoms with Crippen molar-refractivity contribution < 1.29 is 39.8 Å². The first-order valence-corrected chi connectivity index (χ1v) is 32.7. The molecule has 0 aromatic rings. The predicted octanol–water partition coefficient (Wildman–Crippen LogP) is 17.1.